The molecule has 0 fully saturated rings. The molecule has 0 bridgehead atoms. The number of pyridine rings is 1. The van der Waals surface area contributed by atoms with Crippen molar-refractivity contribution >= 4 is 17.1 Å². The first kappa shape index (κ1) is 23.1. The molecule has 10 heteroatoms. The molecule has 1 aromatic carbocycles. The van der Waals surface area contributed by atoms with E-state index in [0.29, 0.717) is 47.4 Å². The molecule has 1 amide bonds. The van der Waals surface area contributed by atoms with Gasteiger partial charge < -0.3 is 9.47 Å². The monoisotopic (exact) mass is 482 g/mol. The number of aryl methyl sites for hydroxylation is 2. The largest absolute Gasteiger partial charge is 0.327 e. The summed E-state index contributed by atoms with van der Waals surface area (Å²) >= 11 is 0. The lowest BCUT2D eigenvalue weighted by Gasteiger charge is -2.41. The fraction of sp³-hybridized carbons (Fsp3) is 0.360. The molecule has 0 saturated heterocycles. The molecule has 4 aromatic rings. The van der Waals surface area contributed by atoms with Gasteiger partial charge in [0.1, 0.15) is 5.52 Å². The second-order valence-electron chi connectivity index (χ2n) is 8.88. The second kappa shape index (κ2) is 8.51. The molecule has 35 heavy (non-hydrogen) atoms. The number of benzene rings is 1. The molecule has 0 spiro atoms. The first-order valence-corrected chi connectivity index (χ1v) is 11.6. The Kier molecular flexibility index (Phi) is 5.61. The van der Waals surface area contributed by atoms with Crippen molar-refractivity contribution in [3.05, 3.63) is 65.0 Å². The average molecular weight is 483 g/mol. The highest BCUT2D eigenvalue weighted by Gasteiger charge is 2.40. The number of carbonyl (C=O) groups is 1. The molecular formula is C25H25F3N6O. The third-order valence-corrected chi connectivity index (χ3v) is 6.84. The van der Waals surface area contributed by atoms with E-state index >= 15 is 0 Å². The van der Waals surface area contributed by atoms with Crippen LogP contribution in [0, 0.1) is 17.5 Å². The fourth-order valence-corrected chi connectivity index (χ4v) is 5.21. The smallest absolute Gasteiger partial charge is 0.257 e. The molecule has 0 radical (unpaired) electrons. The minimum Gasteiger partial charge on any atom is -0.327 e. The Morgan fingerprint density at radius 1 is 1.09 bits per heavy atom. The number of halogens is 3. The first-order valence-electron chi connectivity index (χ1n) is 11.6. The predicted octanol–water partition coefficient (Wildman–Crippen LogP) is 4.71. The molecule has 7 nitrogen and oxygen atoms in total. The van der Waals surface area contributed by atoms with E-state index < -0.39 is 17.5 Å². The van der Waals surface area contributed by atoms with Crippen LogP contribution in [0.4, 0.5) is 13.2 Å². The molecule has 3 aromatic heterocycles. The zero-order valence-corrected chi connectivity index (χ0v) is 19.9. The number of carbonyl (C=O) groups excluding carboxylic acids is 1. The van der Waals surface area contributed by atoms with Gasteiger partial charge in [-0.25, -0.2) is 23.1 Å². The van der Waals surface area contributed by atoms with Crippen LogP contribution in [-0.2, 0) is 20.5 Å². The Balaban J connectivity index is 1.64. The van der Waals surface area contributed by atoms with E-state index in [2.05, 4.69) is 15.1 Å². The van der Waals surface area contributed by atoms with Crippen LogP contribution in [0.15, 0.2) is 30.7 Å². The summed E-state index contributed by atoms with van der Waals surface area (Å²) in [5, 5.41) is 4.68. The maximum Gasteiger partial charge on any atom is 0.257 e. The summed E-state index contributed by atoms with van der Waals surface area (Å²) in [5.74, 6) is -4.17. The van der Waals surface area contributed by atoms with E-state index in [9.17, 15) is 18.0 Å². The zero-order valence-electron chi connectivity index (χ0n) is 19.9. The van der Waals surface area contributed by atoms with E-state index in [0.717, 1.165) is 17.7 Å². The van der Waals surface area contributed by atoms with Crippen molar-refractivity contribution in [2.75, 3.05) is 0 Å². The van der Waals surface area contributed by atoms with Crippen LogP contribution in [0.2, 0.25) is 0 Å². The van der Waals surface area contributed by atoms with E-state index in [4.69, 9.17) is 0 Å². The maximum atomic E-state index is 14.1. The number of hydrogen-bond acceptors (Lipinski definition) is 4. The zero-order chi connectivity index (χ0) is 25.0. The lowest BCUT2D eigenvalue weighted by molar-refractivity contribution is 0.0514. The Bertz CT molecular complexity index is 1440. The number of amides is 1. The van der Waals surface area contributed by atoms with E-state index in [1.54, 1.807) is 34.9 Å². The topological polar surface area (TPSA) is 68.8 Å². The van der Waals surface area contributed by atoms with Crippen LogP contribution in [0.5, 0.6) is 0 Å². The van der Waals surface area contributed by atoms with Gasteiger partial charge in [0, 0.05) is 37.5 Å². The van der Waals surface area contributed by atoms with Crippen molar-refractivity contribution in [1.29, 1.82) is 0 Å². The van der Waals surface area contributed by atoms with Crippen LogP contribution < -0.4 is 0 Å². The van der Waals surface area contributed by atoms with E-state index in [-0.39, 0.29) is 23.6 Å². The highest BCUT2D eigenvalue weighted by Crippen LogP contribution is 2.41. The third kappa shape index (κ3) is 3.50. The van der Waals surface area contributed by atoms with E-state index in [1.807, 2.05) is 25.8 Å². The minimum atomic E-state index is -1.50. The average Bonchev–Trinajstić information content (AvgIpc) is 3.39. The van der Waals surface area contributed by atoms with Gasteiger partial charge in [0.25, 0.3) is 5.91 Å². The predicted molar refractivity (Wildman–Crippen MR) is 124 cm³/mol. The Hall–Kier alpha value is -3.69. The third-order valence-electron chi connectivity index (χ3n) is 6.84. The fourth-order valence-electron chi connectivity index (χ4n) is 5.21. The maximum absolute atomic E-state index is 14.1. The van der Waals surface area contributed by atoms with E-state index in [1.165, 1.54) is 0 Å². The Labute approximate surface area is 200 Å². The first-order chi connectivity index (χ1) is 16.8. The SMILES string of the molecule is CC[C@H]1Cc2c(nn(C)c2-c2cc(F)c(F)c(F)c2)[C@@H](CC)N1C(=O)c1ccnc2c1ncn2C. The lowest BCUT2D eigenvalue weighted by atomic mass is 9.87. The van der Waals surface area contributed by atoms with Crippen molar-refractivity contribution in [2.24, 2.45) is 14.1 Å². The summed E-state index contributed by atoms with van der Waals surface area (Å²) in [7, 11) is 3.51. The normalized spacial score (nSPS) is 17.7. The molecule has 1 aliphatic rings. The molecule has 0 unspecified atom stereocenters. The molecule has 1 aliphatic heterocycles. The van der Waals surface area contributed by atoms with Crippen LogP contribution in [-0.4, -0.2) is 41.2 Å². The van der Waals surface area contributed by atoms with Gasteiger partial charge in [-0.2, -0.15) is 5.10 Å². The number of hydrogen-bond donors (Lipinski definition) is 0. The molecule has 4 heterocycles. The number of nitrogens with zero attached hydrogens (tertiary/aromatic N) is 6. The molecule has 0 aliphatic carbocycles. The molecule has 2 atom stereocenters. The highest BCUT2D eigenvalue weighted by molar-refractivity contribution is 6.04. The standard InChI is InChI=1S/C25H25F3N6O/c1-5-14-11-16-21(31-33(4)23(16)13-9-17(26)20(28)18(27)10-13)19(6-2)34(14)25(35)15-7-8-29-24-22(15)30-12-32(24)3/h7-10,12,14,19H,5-6,11H2,1-4H3/t14-,19+/m0/s1. The number of imidazole rings is 1. The molecule has 5 rings (SSSR count). The van der Waals surface area contributed by atoms with Crippen LogP contribution >= 0.6 is 0 Å². The van der Waals surface area contributed by atoms with Crippen LogP contribution in [0.1, 0.15) is 54.3 Å². The molecule has 0 saturated carbocycles. The summed E-state index contributed by atoms with van der Waals surface area (Å²) in [4.78, 5) is 24.5. The van der Waals surface area contributed by atoms with Gasteiger partial charge in [0.2, 0.25) is 0 Å². The van der Waals surface area contributed by atoms with Crippen molar-refractivity contribution < 1.29 is 18.0 Å². The number of fused-ring (bicyclic) bond motifs is 2. The quantitative estimate of drug-likeness (QED) is 0.395. The van der Waals surface area contributed by atoms with Crippen LogP contribution in [0.25, 0.3) is 22.4 Å². The summed E-state index contributed by atoms with van der Waals surface area (Å²) in [6.45, 7) is 3.97. The summed E-state index contributed by atoms with van der Waals surface area (Å²) in [6.07, 6.45) is 4.94. The van der Waals surface area contributed by atoms with Crippen molar-refractivity contribution in [3.8, 4) is 11.3 Å². The van der Waals surface area contributed by atoms with Gasteiger partial charge in [-0.15, -0.1) is 0 Å². The minimum absolute atomic E-state index is 0.161. The van der Waals surface area contributed by atoms with Gasteiger partial charge in [-0.1, -0.05) is 13.8 Å². The summed E-state index contributed by atoms with van der Waals surface area (Å²) in [6, 6.07) is 3.14. The van der Waals surface area contributed by atoms with Crippen molar-refractivity contribution in [1.82, 2.24) is 29.2 Å². The Morgan fingerprint density at radius 2 is 1.80 bits per heavy atom. The highest BCUT2D eigenvalue weighted by atomic mass is 19.2. The Morgan fingerprint density at radius 3 is 2.46 bits per heavy atom. The van der Waals surface area contributed by atoms with Gasteiger partial charge in [0.05, 0.1) is 29.3 Å². The van der Waals surface area contributed by atoms with Crippen molar-refractivity contribution in [3.63, 3.8) is 0 Å². The van der Waals surface area contributed by atoms with Crippen molar-refractivity contribution in [2.45, 2.75) is 45.2 Å². The summed E-state index contributed by atoms with van der Waals surface area (Å²) in [5.41, 5.74) is 3.86. The number of aromatic nitrogens is 5. The van der Waals surface area contributed by atoms with Crippen LogP contribution in [0.3, 0.4) is 0 Å². The summed E-state index contributed by atoms with van der Waals surface area (Å²) < 4.78 is 45.0. The molecule has 0 N–H and O–H groups in total. The lowest BCUT2D eigenvalue weighted by Crippen LogP contribution is -2.47. The van der Waals surface area contributed by atoms with Gasteiger partial charge in [0.15, 0.2) is 23.1 Å². The molecular weight excluding hydrogens is 457 g/mol. The second-order valence-corrected chi connectivity index (χ2v) is 8.88. The van der Waals surface area contributed by atoms with Gasteiger partial charge >= 0.3 is 0 Å². The van der Waals surface area contributed by atoms with Gasteiger partial charge in [-0.3, -0.25) is 9.48 Å². The number of rotatable bonds is 4. The molecule has 182 valence electrons. The van der Waals surface area contributed by atoms with Gasteiger partial charge in [-0.05, 0) is 37.5 Å².